The molecule has 2 aromatic carbocycles. The van der Waals surface area contributed by atoms with E-state index in [9.17, 15) is 4.79 Å². The molecule has 0 spiro atoms. The summed E-state index contributed by atoms with van der Waals surface area (Å²) in [5.41, 5.74) is 4.04. The molecule has 1 heterocycles. The maximum Gasteiger partial charge on any atom is 0.263 e. The number of carbonyl (C=O) groups excluding carboxylic acids is 1. The van der Waals surface area contributed by atoms with E-state index in [1.807, 2.05) is 24.0 Å². The Labute approximate surface area is 161 Å². The number of rotatable bonds is 4. The molecule has 142 valence electrons. The summed E-state index contributed by atoms with van der Waals surface area (Å²) < 4.78 is 6.00. The molecule has 4 nitrogen and oxygen atoms in total. The van der Waals surface area contributed by atoms with Gasteiger partial charge in [-0.25, -0.2) is 0 Å². The fraction of sp³-hybridized carbons (Fsp3) is 0.435. The predicted molar refractivity (Wildman–Crippen MR) is 108 cm³/mol. The number of piperazine rings is 1. The highest BCUT2D eigenvalue weighted by atomic mass is 16.5. The van der Waals surface area contributed by atoms with Gasteiger partial charge in [0.2, 0.25) is 0 Å². The molecule has 4 heteroatoms. The van der Waals surface area contributed by atoms with E-state index >= 15 is 0 Å². The molecule has 1 atom stereocenters. The van der Waals surface area contributed by atoms with Gasteiger partial charge in [0, 0.05) is 31.9 Å². The number of carbonyl (C=O) groups is 1. The Morgan fingerprint density at radius 1 is 0.926 bits per heavy atom. The number of amides is 1. The summed E-state index contributed by atoms with van der Waals surface area (Å²) in [7, 11) is 0. The Kier molecular flexibility index (Phi) is 5.33. The first-order valence-corrected chi connectivity index (χ1v) is 10.1. The maximum absolute atomic E-state index is 12.8. The second kappa shape index (κ2) is 8.03. The first-order chi connectivity index (χ1) is 13.2. The van der Waals surface area contributed by atoms with Gasteiger partial charge >= 0.3 is 0 Å². The second-order valence-electron chi connectivity index (χ2n) is 7.55. The van der Waals surface area contributed by atoms with Crippen LogP contribution in [0.4, 0.5) is 5.69 Å². The van der Waals surface area contributed by atoms with Crippen LogP contribution in [0.5, 0.6) is 5.75 Å². The van der Waals surface area contributed by atoms with Crippen LogP contribution >= 0.6 is 0 Å². The van der Waals surface area contributed by atoms with E-state index in [1.54, 1.807) is 0 Å². The molecule has 4 rings (SSSR count). The Morgan fingerprint density at radius 2 is 1.63 bits per heavy atom. The number of hydrogen-bond donors (Lipinski definition) is 0. The normalized spacial score (nSPS) is 18.0. The van der Waals surface area contributed by atoms with Crippen LogP contribution in [0.1, 0.15) is 30.9 Å². The zero-order valence-corrected chi connectivity index (χ0v) is 16.1. The van der Waals surface area contributed by atoms with Gasteiger partial charge in [0.05, 0.1) is 0 Å². The summed E-state index contributed by atoms with van der Waals surface area (Å²) in [4.78, 5) is 17.1. The highest BCUT2D eigenvalue weighted by molar-refractivity contribution is 5.81. The van der Waals surface area contributed by atoms with Crippen molar-refractivity contribution in [3.8, 4) is 5.75 Å². The Hall–Kier alpha value is -2.49. The van der Waals surface area contributed by atoms with Crippen LogP contribution in [0, 0.1) is 0 Å². The van der Waals surface area contributed by atoms with Crippen LogP contribution in [0.3, 0.4) is 0 Å². The van der Waals surface area contributed by atoms with Crippen molar-refractivity contribution in [3.63, 3.8) is 0 Å². The minimum absolute atomic E-state index is 0.0837. The van der Waals surface area contributed by atoms with Crippen LogP contribution in [0.15, 0.2) is 48.5 Å². The van der Waals surface area contributed by atoms with E-state index < -0.39 is 6.10 Å². The maximum atomic E-state index is 12.8. The van der Waals surface area contributed by atoms with Gasteiger partial charge in [-0.15, -0.1) is 0 Å². The molecular formula is C23H28N2O2. The van der Waals surface area contributed by atoms with Crippen molar-refractivity contribution < 1.29 is 9.53 Å². The van der Waals surface area contributed by atoms with Gasteiger partial charge in [-0.05, 0) is 68.0 Å². The average molecular weight is 364 g/mol. The number of para-hydroxylation sites is 1. The van der Waals surface area contributed by atoms with Crippen molar-refractivity contribution in [2.75, 3.05) is 31.1 Å². The van der Waals surface area contributed by atoms with E-state index in [0.29, 0.717) is 0 Å². The Morgan fingerprint density at radius 3 is 2.37 bits per heavy atom. The number of aryl methyl sites for hydroxylation is 2. The van der Waals surface area contributed by atoms with E-state index in [-0.39, 0.29) is 5.91 Å². The van der Waals surface area contributed by atoms with Crippen molar-refractivity contribution in [3.05, 3.63) is 59.7 Å². The highest BCUT2D eigenvalue weighted by Gasteiger charge is 2.26. The number of benzene rings is 2. The molecular weight excluding hydrogens is 336 g/mol. The van der Waals surface area contributed by atoms with E-state index in [0.717, 1.165) is 44.8 Å². The van der Waals surface area contributed by atoms with Gasteiger partial charge in [-0.1, -0.05) is 24.3 Å². The fourth-order valence-corrected chi connectivity index (χ4v) is 4.12. The molecule has 27 heavy (non-hydrogen) atoms. The summed E-state index contributed by atoms with van der Waals surface area (Å²) in [5, 5.41) is 0. The quantitative estimate of drug-likeness (QED) is 0.830. The average Bonchev–Trinajstić information content (AvgIpc) is 2.74. The van der Waals surface area contributed by atoms with Gasteiger partial charge < -0.3 is 14.5 Å². The zero-order valence-electron chi connectivity index (χ0n) is 16.1. The molecule has 1 fully saturated rings. The Balaban J connectivity index is 1.33. The van der Waals surface area contributed by atoms with E-state index in [1.165, 1.54) is 29.7 Å². The van der Waals surface area contributed by atoms with Crippen molar-refractivity contribution in [1.82, 2.24) is 4.90 Å². The van der Waals surface area contributed by atoms with Crippen LogP contribution in [0.25, 0.3) is 0 Å². The molecule has 2 aliphatic rings. The summed E-state index contributed by atoms with van der Waals surface area (Å²) >= 11 is 0. The lowest BCUT2D eigenvalue weighted by molar-refractivity contribution is -0.138. The monoisotopic (exact) mass is 364 g/mol. The molecule has 1 aliphatic carbocycles. The van der Waals surface area contributed by atoms with E-state index in [2.05, 4.69) is 41.3 Å². The number of nitrogens with zero attached hydrogens (tertiary/aromatic N) is 2. The molecule has 2 aromatic rings. The minimum atomic E-state index is -0.449. The molecule has 1 amide bonds. The second-order valence-corrected chi connectivity index (χ2v) is 7.55. The third kappa shape index (κ3) is 4.10. The lowest BCUT2D eigenvalue weighted by Crippen LogP contribution is -2.52. The molecule has 1 unspecified atom stereocenters. The molecule has 1 saturated heterocycles. The zero-order chi connectivity index (χ0) is 18.6. The smallest absolute Gasteiger partial charge is 0.263 e. The fourth-order valence-electron chi connectivity index (χ4n) is 4.12. The minimum Gasteiger partial charge on any atom is -0.481 e. The number of fused-ring (bicyclic) bond motifs is 1. The highest BCUT2D eigenvalue weighted by Crippen LogP contribution is 2.26. The molecule has 1 aliphatic heterocycles. The van der Waals surface area contributed by atoms with Crippen molar-refractivity contribution >= 4 is 11.6 Å². The number of ether oxygens (including phenoxy) is 1. The summed E-state index contributed by atoms with van der Waals surface area (Å²) in [6.07, 6.45) is 4.36. The first-order valence-electron chi connectivity index (χ1n) is 10.1. The SMILES string of the molecule is CC(Oc1ccc2c(c1)CCCC2)C(=O)N1CCN(c2ccccc2)CC1. The topological polar surface area (TPSA) is 32.8 Å². The van der Waals surface area contributed by atoms with Crippen molar-refractivity contribution in [2.45, 2.75) is 38.7 Å². The van der Waals surface area contributed by atoms with Gasteiger partial charge in [-0.2, -0.15) is 0 Å². The molecule has 0 saturated carbocycles. The summed E-state index contributed by atoms with van der Waals surface area (Å²) in [5.74, 6) is 0.903. The van der Waals surface area contributed by atoms with Gasteiger partial charge in [0.25, 0.3) is 5.91 Å². The Bertz CT molecular complexity index is 782. The van der Waals surface area contributed by atoms with Gasteiger partial charge in [-0.3, -0.25) is 4.79 Å². The largest absolute Gasteiger partial charge is 0.481 e. The lowest BCUT2D eigenvalue weighted by Gasteiger charge is -2.37. The van der Waals surface area contributed by atoms with Crippen LogP contribution in [0.2, 0.25) is 0 Å². The number of hydrogen-bond acceptors (Lipinski definition) is 3. The van der Waals surface area contributed by atoms with Crippen molar-refractivity contribution in [1.29, 1.82) is 0 Å². The third-order valence-corrected chi connectivity index (χ3v) is 5.69. The first kappa shape index (κ1) is 17.9. The molecule has 0 bridgehead atoms. The van der Waals surface area contributed by atoms with Crippen LogP contribution in [-0.4, -0.2) is 43.1 Å². The predicted octanol–water partition coefficient (Wildman–Crippen LogP) is 3.68. The van der Waals surface area contributed by atoms with Crippen LogP contribution in [-0.2, 0) is 17.6 Å². The standard InChI is InChI=1S/C23H28N2O2/c1-18(27-22-12-11-19-7-5-6-8-20(19)17-22)23(26)25-15-13-24(14-16-25)21-9-3-2-4-10-21/h2-4,9-12,17-18H,5-8,13-16H2,1H3. The van der Waals surface area contributed by atoms with Crippen molar-refractivity contribution in [2.24, 2.45) is 0 Å². The van der Waals surface area contributed by atoms with Crippen LogP contribution < -0.4 is 9.64 Å². The summed E-state index contributed by atoms with van der Waals surface area (Å²) in [6.45, 7) is 5.07. The number of anilines is 1. The molecule has 0 aromatic heterocycles. The van der Waals surface area contributed by atoms with E-state index in [4.69, 9.17) is 4.74 Å². The lowest BCUT2D eigenvalue weighted by atomic mass is 9.92. The summed E-state index contributed by atoms with van der Waals surface area (Å²) in [6, 6.07) is 16.7. The molecule has 0 N–H and O–H groups in total. The third-order valence-electron chi connectivity index (χ3n) is 5.69. The molecule has 0 radical (unpaired) electrons. The van der Waals surface area contributed by atoms with Gasteiger partial charge in [0.1, 0.15) is 5.75 Å². The van der Waals surface area contributed by atoms with Gasteiger partial charge in [0.15, 0.2) is 6.10 Å².